The second kappa shape index (κ2) is 10.3. The first-order valence-corrected chi connectivity index (χ1v) is 17.8. The summed E-state index contributed by atoms with van der Waals surface area (Å²) in [5.41, 5.74) is 5.66. The molecule has 5 nitrogen and oxygen atoms in total. The van der Waals surface area contributed by atoms with Gasteiger partial charge in [-0.05, 0) is 100 Å². The van der Waals surface area contributed by atoms with Crippen LogP contribution in [0.25, 0.3) is 0 Å². The van der Waals surface area contributed by atoms with Gasteiger partial charge in [-0.25, -0.2) is 4.79 Å². The lowest BCUT2D eigenvalue weighted by atomic mass is 10.1. The van der Waals surface area contributed by atoms with Crippen molar-refractivity contribution in [2.24, 2.45) is 0 Å². The normalized spacial score (nSPS) is 12.1. The molecule has 0 saturated carbocycles. The zero-order chi connectivity index (χ0) is 24.3. The molecular weight excluding hydrogens is 436 g/mol. The summed E-state index contributed by atoms with van der Waals surface area (Å²) in [7, 11) is -3.20. The Morgan fingerprint density at radius 1 is 0.625 bits per heavy atom. The molecule has 0 unspecified atom stereocenters. The zero-order valence-electron chi connectivity index (χ0n) is 21.3. The molecule has 0 aliphatic rings. The number of ether oxygens (including phenoxy) is 2. The van der Waals surface area contributed by atoms with Gasteiger partial charge in [-0.3, -0.25) is 0 Å². The van der Waals surface area contributed by atoms with Gasteiger partial charge in [0.1, 0.15) is 11.5 Å². The summed E-state index contributed by atoms with van der Waals surface area (Å²) in [6, 6.07) is 8.00. The Hall–Kier alpha value is -1.94. The summed E-state index contributed by atoms with van der Waals surface area (Å²) in [6.45, 7) is 21.8. The Bertz CT molecular complexity index is 848. The Morgan fingerprint density at radius 2 is 0.906 bits per heavy atom. The van der Waals surface area contributed by atoms with Crippen molar-refractivity contribution in [3.05, 3.63) is 57.6 Å². The van der Waals surface area contributed by atoms with Crippen LogP contribution in [0.1, 0.15) is 33.4 Å². The fourth-order valence-corrected chi connectivity index (χ4v) is 4.56. The highest BCUT2D eigenvalue weighted by Gasteiger charge is 2.19. The van der Waals surface area contributed by atoms with Crippen molar-refractivity contribution in [1.29, 1.82) is 0 Å². The van der Waals surface area contributed by atoms with Gasteiger partial charge in [-0.1, -0.05) is 24.3 Å². The molecule has 0 N–H and O–H groups in total. The predicted octanol–water partition coefficient (Wildman–Crippen LogP) is 7.20. The number of rotatable bonds is 8. The maximum Gasteiger partial charge on any atom is 0.519 e. The molecule has 0 spiro atoms. The van der Waals surface area contributed by atoms with Gasteiger partial charge in [0.2, 0.25) is 0 Å². The molecule has 2 aromatic carbocycles. The molecule has 0 aliphatic carbocycles. The summed E-state index contributed by atoms with van der Waals surface area (Å²) < 4.78 is 23.2. The highest BCUT2D eigenvalue weighted by molar-refractivity contribution is 6.70. The summed E-state index contributed by atoms with van der Waals surface area (Å²) in [4.78, 5) is 12.6. The first-order valence-electron chi connectivity index (χ1n) is 11.0. The second-order valence-electron chi connectivity index (χ2n) is 10.4. The van der Waals surface area contributed by atoms with Gasteiger partial charge in [-0.15, -0.1) is 0 Å². The molecule has 0 saturated heterocycles. The number of carbonyl (C=O) groups excluding carboxylic acids is 1. The number of aryl methyl sites for hydroxylation is 4. The Labute approximate surface area is 195 Å². The third-order valence-corrected chi connectivity index (χ3v) is 6.78. The fraction of sp³-hybridized carbons (Fsp3) is 0.480. The maximum absolute atomic E-state index is 12.6. The van der Waals surface area contributed by atoms with Crippen LogP contribution in [-0.4, -0.2) is 22.8 Å². The molecule has 0 aliphatic heterocycles. The smallest absolute Gasteiger partial charge is 0.413 e. The highest BCUT2D eigenvalue weighted by atomic mass is 28.4. The molecule has 0 amide bonds. The van der Waals surface area contributed by atoms with Crippen molar-refractivity contribution in [2.45, 2.75) is 80.2 Å². The standard InChI is InChI=1S/C25H38O5Si2/c1-17-11-21(15-27-31(5,6)7)12-18(2)23(17)29-25(26)30-24-19(3)13-22(14-20(24)4)16-28-32(8,9)10/h11-14H,15-16H2,1-10H3. The second-order valence-corrected chi connectivity index (χ2v) is 19.4. The Morgan fingerprint density at radius 3 is 1.16 bits per heavy atom. The van der Waals surface area contributed by atoms with Crippen LogP contribution >= 0.6 is 0 Å². The molecular formula is C25H38O5Si2. The van der Waals surface area contributed by atoms with Crippen LogP contribution in [0, 0.1) is 27.7 Å². The lowest BCUT2D eigenvalue weighted by Crippen LogP contribution is -2.25. The minimum Gasteiger partial charge on any atom is -0.413 e. The molecule has 0 fully saturated rings. The van der Waals surface area contributed by atoms with Gasteiger partial charge in [0.05, 0.1) is 13.2 Å². The van der Waals surface area contributed by atoms with E-state index in [9.17, 15) is 4.79 Å². The van der Waals surface area contributed by atoms with Gasteiger partial charge in [0.15, 0.2) is 16.6 Å². The van der Waals surface area contributed by atoms with Gasteiger partial charge in [-0.2, -0.15) is 0 Å². The van der Waals surface area contributed by atoms with E-state index in [0.717, 1.165) is 33.4 Å². The van der Waals surface area contributed by atoms with Crippen molar-refractivity contribution >= 4 is 22.8 Å². The van der Waals surface area contributed by atoms with Crippen LogP contribution in [0.2, 0.25) is 39.3 Å². The van der Waals surface area contributed by atoms with E-state index in [1.807, 2.05) is 52.0 Å². The highest BCUT2D eigenvalue weighted by Crippen LogP contribution is 2.29. The lowest BCUT2D eigenvalue weighted by molar-refractivity contribution is 0.150. The van der Waals surface area contributed by atoms with Gasteiger partial charge in [0, 0.05) is 0 Å². The summed E-state index contributed by atoms with van der Waals surface area (Å²) in [5.74, 6) is 1.06. The van der Waals surface area contributed by atoms with Crippen LogP contribution < -0.4 is 9.47 Å². The van der Waals surface area contributed by atoms with E-state index >= 15 is 0 Å². The van der Waals surface area contributed by atoms with Gasteiger partial charge >= 0.3 is 6.16 Å². The van der Waals surface area contributed by atoms with E-state index in [1.165, 1.54) is 0 Å². The summed E-state index contributed by atoms with van der Waals surface area (Å²) in [6.07, 6.45) is -0.736. The van der Waals surface area contributed by atoms with Crippen molar-refractivity contribution < 1.29 is 23.1 Å². The van der Waals surface area contributed by atoms with Crippen molar-refractivity contribution in [2.75, 3.05) is 0 Å². The molecule has 0 aromatic heterocycles. The average Bonchev–Trinajstić information content (AvgIpc) is 2.63. The summed E-state index contributed by atoms with van der Waals surface area (Å²) in [5, 5.41) is 0. The van der Waals surface area contributed by atoms with Crippen LogP contribution in [0.4, 0.5) is 4.79 Å². The average molecular weight is 475 g/mol. The topological polar surface area (TPSA) is 54.0 Å². The first kappa shape index (κ1) is 26.3. The molecule has 32 heavy (non-hydrogen) atoms. The molecule has 0 bridgehead atoms. The monoisotopic (exact) mass is 474 g/mol. The largest absolute Gasteiger partial charge is 0.519 e. The lowest BCUT2D eigenvalue weighted by Gasteiger charge is -2.19. The van der Waals surface area contributed by atoms with E-state index in [4.69, 9.17) is 18.3 Å². The predicted molar refractivity (Wildman–Crippen MR) is 135 cm³/mol. The fourth-order valence-electron chi connectivity index (χ4n) is 3.36. The molecule has 7 heteroatoms. The van der Waals surface area contributed by atoms with E-state index in [2.05, 4.69) is 39.3 Å². The van der Waals surface area contributed by atoms with E-state index in [1.54, 1.807) is 0 Å². The van der Waals surface area contributed by atoms with Crippen LogP contribution in [-0.2, 0) is 22.1 Å². The van der Waals surface area contributed by atoms with Crippen molar-refractivity contribution in [3.8, 4) is 11.5 Å². The Kier molecular flexibility index (Phi) is 8.50. The van der Waals surface area contributed by atoms with Crippen LogP contribution in [0.3, 0.4) is 0 Å². The summed E-state index contributed by atoms with van der Waals surface area (Å²) >= 11 is 0. The third kappa shape index (κ3) is 8.20. The number of hydrogen-bond donors (Lipinski definition) is 0. The third-order valence-electron chi connectivity index (χ3n) is 4.75. The van der Waals surface area contributed by atoms with E-state index in [0.29, 0.717) is 24.7 Å². The Balaban J connectivity index is 2.10. The molecule has 2 aromatic rings. The molecule has 0 radical (unpaired) electrons. The van der Waals surface area contributed by atoms with Crippen LogP contribution in [0.15, 0.2) is 24.3 Å². The molecule has 0 heterocycles. The quantitative estimate of drug-likeness (QED) is 0.230. The molecule has 2 rings (SSSR count). The SMILES string of the molecule is Cc1cc(CO[Si](C)(C)C)cc(C)c1OC(=O)Oc1c(C)cc(CO[Si](C)(C)C)cc1C. The van der Waals surface area contributed by atoms with E-state index in [-0.39, 0.29) is 0 Å². The van der Waals surface area contributed by atoms with E-state index < -0.39 is 22.8 Å². The zero-order valence-corrected chi connectivity index (χ0v) is 23.3. The van der Waals surface area contributed by atoms with Crippen LogP contribution in [0.5, 0.6) is 11.5 Å². The number of carbonyl (C=O) groups is 1. The minimum atomic E-state index is -1.60. The minimum absolute atomic E-state index is 0.530. The van der Waals surface area contributed by atoms with Gasteiger partial charge in [0.25, 0.3) is 0 Å². The molecule has 176 valence electrons. The van der Waals surface area contributed by atoms with Crippen molar-refractivity contribution in [3.63, 3.8) is 0 Å². The van der Waals surface area contributed by atoms with Crippen molar-refractivity contribution in [1.82, 2.24) is 0 Å². The maximum atomic E-state index is 12.6. The number of hydrogen-bond acceptors (Lipinski definition) is 5. The number of benzene rings is 2. The molecule has 0 atom stereocenters. The van der Waals surface area contributed by atoms with Gasteiger partial charge < -0.3 is 18.3 Å². The first-order chi connectivity index (χ1) is 14.6.